The number of methoxy groups -OCH3 is 2. The quantitative estimate of drug-likeness (QED) is 0.298. The molecule has 1 heterocycles. The molecule has 3 aromatic rings. The van der Waals surface area contributed by atoms with Gasteiger partial charge in [-0.2, -0.15) is 0 Å². The van der Waals surface area contributed by atoms with Crippen molar-refractivity contribution in [3.8, 4) is 23.0 Å². The van der Waals surface area contributed by atoms with E-state index in [1.54, 1.807) is 55.6 Å². The van der Waals surface area contributed by atoms with E-state index in [1.807, 2.05) is 24.3 Å². The summed E-state index contributed by atoms with van der Waals surface area (Å²) in [5, 5.41) is 1.23. The van der Waals surface area contributed by atoms with Gasteiger partial charge < -0.3 is 18.9 Å². The number of hydrogen-bond acceptors (Lipinski definition) is 6. The van der Waals surface area contributed by atoms with Crippen molar-refractivity contribution in [2.75, 3.05) is 32.4 Å². The fraction of sp³-hybridized carbons (Fsp3) is 0.154. The van der Waals surface area contributed by atoms with Gasteiger partial charge in [-0.3, -0.25) is 15.0 Å². The van der Waals surface area contributed by atoms with Crippen LogP contribution in [-0.4, -0.2) is 39.2 Å². The van der Waals surface area contributed by atoms with Crippen molar-refractivity contribution >= 4 is 23.6 Å². The molecule has 174 valence electrons. The lowest BCUT2D eigenvalue weighted by Crippen LogP contribution is -2.35. The first-order chi connectivity index (χ1) is 16.6. The van der Waals surface area contributed by atoms with Crippen molar-refractivity contribution < 1.29 is 28.5 Å². The normalized spacial score (nSPS) is 14.2. The number of hydrazine groups is 1. The summed E-state index contributed by atoms with van der Waals surface area (Å²) in [6, 6.07) is 21.4. The minimum absolute atomic E-state index is 0.0336. The van der Waals surface area contributed by atoms with Gasteiger partial charge in [0.2, 0.25) is 0 Å². The fourth-order valence-corrected chi connectivity index (χ4v) is 3.38. The summed E-state index contributed by atoms with van der Waals surface area (Å²) in [6.07, 6.45) is 1.53. The Morgan fingerprint density at radius 2 is 1.56 bits per heavy atom. The summed E-state index contributed by atoms with van der Waals surface area (Å²) < 4.78 is 22.1. The average Bonchev–Trinajstić information content (AvgIpc) is 3.16. The Labute approximate surface area is 197 Å². The number of benzene rings is 3. The second-order valence-corrected chi connectivity index (χ2v) is 7.26. The Balaban J connectivity index is 1.41. The third-order valence-corrected chi connectivity index (χ3v) is 5.06. The Bertz CT molecular complexity index is 1210. The molecular formula is C26H24N2O6. The second-order valence-electron chi connectivity index (χ2n) is 7.26. The topological polar surface area (TPSA) is 86.3 Å². The van der Waals surface area contributed by atoms with Crippen LogP contribution in [0.2, 0.25) is 0 Å². The van der Waals surface area contributed by atoms with Crippen molar-refractivity contribution in [1.82, 2.24) is 5.43 Å². The number of carbonyl (C=O) groups excluding carboxylic acids is 2. The summed E-state index contributed by atoms with van der Waals surface area (Å²) in [5.74, 6) is 1.49. The van der Waals surface area contributed by atoms with Gasteiger partial charge >= 0.3 is 0 Å². The van der Waals surface area contributed by atoms with Gasteiger partial charge in [-0.25, -0.2) is 5.01 Å². The smallest absolute Gasteiger partial charge is 0.282 e. The molecular weight excluding hydrogens is 436 g/mol. The van der Waals surface area contributed by atoms with Gasteiger partial charge in [0.25, 0.3) is 11.8 Å². The SMILES string of the molecule is COc1cccc(OCCOc2ccc(/C=C3\C(=O)NN(c4ccccc4)C3=O)cc2OC)c1. The molecule has 1 N–H and O–H groups in total. The molecule has 2 amide bonds. The van der Waals surface area contributed by atoms with Gasteiger partial charge in [0.05, 0.1) is 19.9 Å². The molecule has 4 rings (SSSR count). The number of hydrogen-bond donors (Lipinski definition) is 1. The summed E-state index contributed by atoms with van der Waals surface area (Å²) >= 11 is 0. The summed E-state index contributed by atoms with van der Waals surface area (Å²) in [4.78, 5) is 25.2. The highest BCUT2D eigenvalue weighted by atomic mass is 16.5. The first-order valence-electron chi connectivity index (χ1n) is 10.6. The number of carbonyl (C=O) groups is 2. The van der Waals surface area contributed by atoms with E-state index in [9.17, 15) is 9.59 Å². The summed E-state index contributed by atoms with van der Waals surface area (Å²) in [5.41, 5.74) is 3.83. The maximum atomic E-state index is 12.8. The van der Waals surface area contributed by atoms with Crippen LogP contribution < -0.4 is 29.4 Å². The highest BCUT2D eigenvalue weighted by molar-refractivity contribution is 6.31. The van der Waals surface area contributed by atoms with E-state index in [1.165, 1.54) is 18.2 Å². The van der Waals surface area contributed by atoms with Crippen molar-refractivity contribution in [2.24, 2.45) is 0 Å². The van der Waals surface area contributed by atoms with Gasteiger partial charge in [0.1, 0.15) is 30.3 Å². The molecule has 1 aliphatic heterocycles. The van der Waals surface area contributed by atoms with Crippen LogP contribution in [0, 0.1) is 0 Å². The summed E-state index contributed by atoms with van der Waals surface area (Å²) in [7, 11) is 3.12. The van der Waals surface area contributed by atoms with Crippen LogP contribution in [0.5, 0.6) is 23.0 Å². The van der Waals surface area contributed by atoms with Crippen molar-refractivity contribution in [1.29, 1.82) is 0 Å². The first kappa shape index (κ1) is 22.7. The molecule has 1 fully saturated rings. The standard InChI is InChI=1S/C26H24N2O6/c1-31-20-9-6-10-21(17-20)33-13-14-34-23-12-11-18(16-24(23)32-2)15-22-25(29)27-28(26(22)30)19-7-4-3-5-8-19/h3-12,15-17H,13-14H2,1-2H3,(H,27,29)/b22-15+. The Morgan fingerprint density at radius 3 is 2.32 bits per heavy atom. The van der Waals surface area contributed by atoms with E-state index in [0.29, 0.717) is 47.5 Å². The molecule has 0 aliphatic carbocycles. The third kappa shape index (κ3) is 5.12. The largest absolute Gasteiger partial charge is 0.497 e. The predicted molar refractivity (Wildman–Crippen MR) is 127 cm³/mol. The number of para-hydroxylation sites is 1. The predicted octanol–water partition coefficient (Wildman–Crippen LogP) is 3.62. The van der Waals surface area contributed by atoms with Crippen LogP contribution in [0.15, 0.2) is 78.4 Å². The van der Waals surface area contributed by atoms with Crippen LogP contribution in [0.3, 0.4) is 0 Å². The monoisotopic (exact) mass is 460 g/mol. The molecule has 8 heteroatoms. The number of ether oxygens (including phenoxy) is 4. The minimum atomic E-state index is -0.470. The highest BCUT2D eigenvalue weighted by Crippen LogP contribution is 2.30. The number of anilines is 1. The summed E-state index contributed by atoms with van der Waals surface area (Å²) in [6.45, 7) is 0.618. The van der Waals surface area contributed by atoms with Gasteiger partial charge in [0, 0.05) is 6.07 Å². The van der Waals surface area contributed by atoms with Gasteiger partial charge in [0.15, 0.2) is 11.5 Å². The molecule has 8 nitrogen and oxygen atoms in total. The zero-order chi connectivity index (χ0) is 23.9. The first-order valence-corrected chi connectivity index (χ1v) is 10.6. The van der Waals surface area contributed by atoms with Crippen LogP contribution in [0.1, 0.15) is 5.56 Å². The molecule has 0 bridgehead atoms. The van der Waals surface area contributed by atoms with Crippen LogP contribution >= 0.6 is 0 Å². The number of rotatable bonds is 9. The van der Waals surface area contributed by atoms with Gasteiger partial charge in [-0.05, 0) is 48.0 Å². The molecule has 0 saturated carbocycles. The maximum Gasteiger partial charge on any atom is 0.282 e. The van der Waals surface area contributed by atoms with E-state index in [4.69, 9.17) is 18.9 Å². The molecule has 0 spiro atoms. The van der Waals surface area contributed by atoms with E-state index < -0.39 is 11.8 Å². The van der Waals surface area contributed by atoms with E-state index in [2.05, 4.69) is 5.43 Å². The van der Waals surface area contributed by atoms with Crippen LogP contribution in [0.4, 0.5) is 5.69 Å². The van der Waals surface area contributed by atoms with E-state index in [0.717, 1.165) is 0 Å². The Hall–Kier alpha value is -4.46. The van der Waals surface area contributed by atoms with Crippen LogP contribution in [-0.2, 0) is 9.59 Å². The number of nitrogens with one attached hydrogen (secondary N) is 1. The average molecular weight is 460 g/mol. The minimum Gasteiger partial charge on any atom is -0.497 e. The number of amides is 2. The zero-order valence-electron chi connectivity index (χ0n) is 18.8. The molecule has 3 aromatic carbocycles. The van der Waals surface area contributed by atoms with E-state index >= 15 is 0 Å². The van der Waals surface area contributed by atoms with Gasteiger partial charge in [-0.1, -0.05) is 30.3 Å². The molecule has 1 saturated heterocycles. The fourth-order valence-electron chi connectivity index (χ4n) is 3.38. The molecule has 0 radical (unpaired) electrons. The Morgan fingerprint density at radius 1 is 0.794 bits per heavy atom. The van der Waals surface area contributed by atoms with Crippen molar-refractivity contribution in [2.45, 2.75) is 0 Å². The molecule has 0 aromatic heterocycles. The van der Waals surface area contributed by atoms with Gasteiger partial charge in [-0.15, -0.1) is 0 Å². The van der Waals surface area contributed by atoms with Crippen molar-refractivity contribution in [3.05, 3.63) is 83.9 Å². The lowest BCUT2D eigenvalue weighted by molar-refractivity contribution is -0.117. The number of nitrogens with zero attached hydrogens (tertiary/aromatic N) is 1. The lowest BCUT2D eigenvalue weighted by atomic mass is 10.1. The van der Waals surface area contributed by atoms with E-state index in [-0.39, 0.29) is 5.57 Å². The third-order valence-electron chi connectivity index (χ3n) is 5.06. The lowest BCUT2D eigenvalue weighted by Gasteiger charge is -2.14. The maximum absolute atomic E-state index is 12.8. The molecule has 0 unspecified atom stereocenters. The van der Waals surface area contributed by atoms with Crippen molar-refractivity contribution in [3.63, 3.8) is 0 Å². The zero-order valence-corrected chi connectivity index (χ0v) is 18.8. The molecule has 34 heavy (non-hydrogen) atoms. The molecule has 0 atom stereocenters. The molecule has 1 aliphatic rings. The Kier molecular flexibility index (Phi) is 6.98. The highest BCUT2D eigenvalue weighted by Gasteiger charge is 2.34. The van der Waals surface area contributed by atoms with Crippen LogP contribution in [0.25, 0.3) is 6.08 Å². The second kappa shape index (κ2) is 10.4.